The molecule has 8 heavy (non-hydrogen) atoms. The normalized spacial score (nSPS) is 13.2. The van der Waals surface area contributed by atoms with Crippen LogP contribution in [0.1, 0.15) is 12.8 Å². The van der Waals surface area contributed by atoms with Crippen LogP contribution in [0.3, 0.4) is 0 Å². The lowest BCUT2D eigenvalue weighted by atomic mass is 10.2. The lowest BCUT2D eigenvalue weighted by Gasteiger charge is -2.03. The zero-order valence-electron chi connectivity index (χ0n) is 5.01. The van der Waals surface area contributed by atoms with Gasteiger partial charge < -0.3 is 10.8 Å². The molecular weight excluding hydrogens is 102 g/mol. The molecule has 0 saturated heterocycles. The van der Waals surface area contributed by atoms with E-state index in [4.69, 9.17) is 10.8 Å². The Morgan fingerprint density at radius 3 is 2.75 bits per heavy atom. The summed E-state index contributed by atoms with van der Waals surface area (Å²) in [5.41, 5.74) is 5.46. The van der Waals surface area contributed by atoms with Crippen LogP contribution in [0.4, 0.5) is 0 Å². The van der Waals surface area contributed by atoms with E-state index in [2.05, 4.69) is 6.58 Å². The fourth-order valence-electron chi connectivity index (χ4n) is 0.498. The quantitative estimate of drug-likeness (QED) is 0.517. The van der Waals surface area contributed by atoms with Crippen LogP contribution < -0.4 is 5.73 Å². The standard InChI is InChI=1S/C6H13NO/c1-2-3-6(7)4-5-8/h2,6,8H,1,3-5,7H2/t6-/m0/s1. The summed E-state index contributed by atoms with van der Waals surface area (Å²) in [5.74, 6) is 0. The van der Waals surface area contributed by atoms with Gasteiger partial charge in [0.05, 0.1) is 0 Å². The molecule has 0 fully saturated rings. The highest BCUT2D eigenvalue weighted by Crippen LogP contribution is 1.92. The maximum absolute atomic E-state index is 8.35. The summed E-state index contributed by atoms with van der Waals surface area (Å²) in [5, 5.41) is 8.35. The van der Waals surface area contributed by atoms with E-state index in [0.717, 1.165) is 6.42 Å². The molecule has 1 atom stereocenters. The maximum Gasteiger partial charge on any atom is 0.0445 e. The molecule has 0 bridgehead atoms. The van der Waals surface area contributed by atoms with Crippen LogP contribution in [0.2, 0.25) is 0 Å². The van der Waals surface area contributed by atoms with E-state index in [1.807, 2.05) is 0 Å². The SMILES string of the molecule is C=CC[C@H](N)CCO. The molecule has 0 rings (SSSR count). The number of aliphatic hydroxyl groups is 1. The van der Waals surface area contributed by atoms with Gasteiger partial charge in [-0.05, 0) is 12.8 Å². The van der Waals surface area contributed by atoms with Gasteiger partial charge in [0.2, 0.25) is 0 Å². The molecule has 48 valence electrons. The largest absolute Gasteiger partial charge is 0.396 e. The van der Waals surface area contributed by atoms with Crippen LogP contribution in [0, 0.1) is 0 Å². The van der Waals surface area contributed by atoms with Crippen molar-refractivity contribution in [2.75, 3.05) is 6.61 Å². The van der Waals surface area contributed by atoms with Gasteiger partial charge in [-0.1, -0.05) is 6.08 Å². The lowest BCUT2D eigenvalue weighted by molar-refractivity contribution is 0.276. The van der Waals surface area contributed by atoms with Gasteiger partial charge >= 0.3 is 0 Å². The fraction of sp³-hybridized carbons (Fsp3) is 0.667. The van der Waals surface area contributed by atoms with Crippen molar-refractivity contribution < 1.29 is 5.11 Å². The van der Waals surface area contributed by atoms with E-state index >= 15 is 0 Å². The van der Waals surface area contributed by atoms with Gasteiger partial charge in [0.25, 0.3) is 0 Å². The number of nitrogens with two attached hydrogens (primary N) is 1. The second-order valence-electron chi connectivity index (χ2n) is 1.80. The molecule has 0 radical (unpaired) electrons. The van der Waals surface area contributed by atoms with E-state index in [0.29, 0.717) is 6.42 Å². The first-order valence-corrected chi connectivity index (χ1v) is 2.78. The molecule has 2 heteroatoms. The molecule has 0 amide bonds. The highest BCUT2D eigenvalue weighted by molar-refractivity contribution is 4.74. The molecule has 0 spiro atoms. The summed E-state index contributed by atoms with van der Waals surface area (Å²) < 4.78 is 0. The van der Waals surface area contributed by atoms with Gasteiger partial charge in [-0.2, -0.15) is 0 Å². The topological polar surface area (TPSA) is 46.2 Å². The first kappa shape index (κ1) is 7.66. The Morgan fingerprint density at radius 1 is 1.75 bits per heavy atom. The van der Waals surface area contributed by atoms with E-state index in [9.17, 15) is 0 Å². The van der Waals surface area contributed by atoms with Crippen LogP contribution >= 0.6 is 0 Å². The Bertz CT molecular complexity index is 63.5. The van der Waals surface area contributed by atoms with Crippen molar-refractivity contribution in [1.82, 2.24) is 0 Å². The van der Waals surface area contributed by atoms with Gasteiger partial charge in [0.15, 0.2) is 0 Å². The molecule has 0 aromatic heterocycles. The van der Waals surface area contributed by atoms with Gasteiger partial charge in [-0.15, -0.1) is 6.58 Å². The van der Waals surface area contributed by atoms with Crippen LogP contribution in [0.15, 0.2) is 12.7 Å². The molecule has 0 aromatic carbocycles. The highest BCUT2D eigenvalue weighted by Gasteiger charge is 1.95. The number of aliphatic hydroxyl groups excluding tert-OH is 1. The van der Waals surface area contributed by atoms with Crippen molar-refractivity contribution in [2.24, 2.45) is 5.73 Å². The average Bonchev–Trinajstić information content (AvgIpc) is 1.68. The van der Waals surface area contributed by atoms with Crippen LogP contribution in [-0.2, 0) is 0 Å². The number of rotatable bonds is 4. The third-order valence-electron chi connectivity index (χ3n) is 0.969. The van der Waals surface area contributed by atoms with Crippen molar-refractivity contribution in [1.29, 1.82) is 0 Å². The zero-order chi connectivity index (χ0) is 6.41. The van der Waals surface area contributed by atoms with Crippen molar-refractivity contribution in [3.05, 3.63) is 12.7 Å². The summed E-state index contributed by atoms with van der Waals surface area (Å²) in [6.45, 7) is 3.70. The molecule has 0 aliphatic heterocycles. The van der Waals surface area contributed by atoms with Gasteiger partial charge in [-0.25, -0.2) is 0 Å². The van der Waals surface area contributed by atoms with Crippen LogP contribution in [0.25, 0.3) is 0 Å². The monoisotopic (exact) mass is 115 g/mol. The molecule has 0 heterocycles. The third kappa shape index (κ3) is 3.84. The first-order chi connectivity index (χ1) is 3.81. The zero-order valence-corrected chi connectivity index (χ0v) is 5.01. The second-order valence-corrected chi connectivity index (χ2v) is 1.80. The Kier molecular flexibility index (Phi) is 4.61. The minimum atomic E-state index is 0.0949. The average molecular weight is 115 g/mol. The summed E-state index contributed by atoms with van der Waals surface area (Å²) in [6, 6.07) is 0.0949. The lowest BCUT2D eigenvalue weighted by Crippen LogP contribution is -2.19. The molecule has 0 unspecified atom stereocenters. The van der Waals surface area contributed by atoms with E-state index < -0.39 is 0 Å². The van der Waals surface area contributed by atoms with Crippen molar-refractivity contribution in [3.63, 3.8) is 0 Å². The maximum atomic E-state index is 8.35. The molecule has 0 saturated carbocycles. The van der Waals surface area contributed by atoms with Gasteiger partial charge in [0.1, 0.15) is 0 Å². The molecule has 2 nitrogen and oxygen atoms in total. The van der Waals surface area contributed by atoms with E-state index in [1.54, 1.807) is 6.08 Å². The van der Waals surface area contributed by atoms with Crippen molar-refractivity contribution >= 4 is 0 Å². The minimum absolute atomic E-state index is 0.0949. The summed E-state index contributed by atoms with van der Waals surface area (Å²) in [6.07, 6.45) is 3.23. The van der Waals surface area contributed by atoms with E-state index in [1.165, 1.54) is 0 Å². The third-order valence-corrected chi connectivity index (χ3v) is 0.969. The Hall–Kier alpha value is -0.340. The predicted molar refractivity (Wildman–Crippen MR) is 34.5 cm³/mol. The van der Waals surface area contributed by atoms with Gasteiger partial charge in [-0.3, -0.25) is 0 Å². The van der Waals surface area contributed by atoms with Crippen LogP contribution in [-0.4, -0.2) is 17.8 Å². The van der Waals surface area contributed by atoms with Crippen LogP contribution in [0.5, 0.6) is 0 Å². The smallest absolute Gasteiger partial charge is 0.0445 e. The van der Waals surface area contributed by atoms with E-state index in [-0.39, 0.29) is 12.6 Å². The Balaban J connectivity index is 3.03. The summed E-state index contributed by atoms with van der Waals surface area (Å²) in [7, 11) is 0. The predicted octanol–water partition coefficient (Wildman–Crippen LogP) is 0.272. The molecule has 0 aliphatic carbocycles. The Labute approximate surface area is 50.0 Å². The summed E-state index contributed by atoms with van der Waals surface area (Å²) in [4.78, 5) is 0. The van der Waals surface area contributed by atoms with Crippen molar-refractivity contribution in [2.45, 2.75) is 18.9 Å². The minimum Gasteiger partial charge on any atom is -0.396 e. The van der Waals surface area contributed by atoms with Crippen molar-refractivity contribution in [3.8, 4) is 0 Å². The molecule has 3 N–H and O–H groups in total. The Morgan fingerprint density at radius 2 is 2.38 bits per heavy atom. The molecule has 0 aromatic rings. The fourth-order valence-corrected chi connectivity index (χ4v) is 0.498. The van der Waals surface area contributed by atoms with Gasteiger partial charge in [0, 0.05) is 12.6 Å². The first-order valence-electron chi connectivity index (χ1n) is 2.78. The number of hydrogen-bond donors (Lipinski definition) is 2. The molecule has 0 aliphatic rings. The summed E-state index contributed by atoms with van der Waals surface area (Å²) >= 11 is 0. The number of hydrogen-bond acceptors (Lipinski definition) is 2. The second kappa shape index (κ2) is 4.81. The highest BCUT2D eigenvalue weighted by atomic mass is 16.3. The molecular formula is C6H13NO.